The van der Waals surface area contributed by atoms with Crippen LogP contribution in [0.2, 0.25) is 0 Å². The van der Waals surface area contributed by atoms with Crippen molar-refractivity contribution in [2.75, 3.05) is 19.6 Å². The van der Waals surface area contributed by atoms with Crippen molar-refractivity contribution in [3.8, 4) is 0 Å². The van der Waals surface area contributed by atoms with Gasteiger partial charge in [0.05, 0.1) is 6.42 Å². The van der Waals surface area contributed by atoms with Crippen LogP contribution in [-0.2, 0) is 29.0 Å². The second-order valence-electron chi connectivity index (χ2n) is 7.60. The molecule has 0 unspecified atom stereocenters. The zero-order chi connectivity index (χ0) is 18.6. The van der Waals surface area contributed by atoms with Crippen LogP contribution in [0.4, 0.5) is 0 Å². The number of hydrogen-bond acceptors (Lipinski definition) is 2. The number of amides is 2. The topological polar surface area (TPSA) is 40.6 Å². The molecule has 2 aromatic rings. The summed E-state index contributed by atoms with van der Waals surface area (Å²) in [7, 11) is 0. The third kappa shape index (κ3) is 4.05. The average molecular weight is 362 g/mol. The smallest absolute Gasteiger partial charge is 0.226 e. The van der Waals surface area contributed by atoms with Gasteiger partial charge >= 0.3 is 0 Å². The minimum absolute atomic E-state index is 0.0519. The zero-order valence-electron chi connectivity index (χ0n) is 15.6. The Labute approximate surface area is 160 Å². The fourth-order valence-electron chi connectivity index (χ4n) is 4.20. The molecule has 4 rings (SSSR count). The second kappa shape index (κ2) is 7.95. The Kier molecular flexibility index (Phi) is 5.23. The first-order valence-electron chi connectivity index (χ1n) is 9.88. The fraction of sp³-hybridized carbons (Fsp3) is 0.391. The first kappa shape index (κ1) is 17.8. The van der Waals surface area contributed by atoms with Gasteiger partial charge in [0.2, 0.25) is 11.8 Å². The summed E-state index contributed by atoms with van der Waals surface area (Å²) in [5, 5.41) is 0. The van der Waals surface area contributed by atoms with Crippen molar-refractivity contribution in [1.82, 2.24) is 9.80 Å². The molecule has 2 aliphatic rings. The molecule has 0 aliphatic carbocycles. The van der Waals surface area contributed by atoms with Gasteiger partial charge in [0.15, 0.2) is 0 Å². The van der Waals surface area contributed by atoms with Crippen molar-refractivity contribution in [2.45, 2.75) is 32.2 Å². The lowest BCUT2D eigenvalue weighted by atomic mass is 9.92. The third-order valence-electron chi connectivity index (χ3n) is 5.84. The molecule has 0 bridgehead atoms. The van der Waals surface area contributed by atoms with Gasteiger partial charge in [-0.15, -0.1) is 0 Å². The summed E-state index contributed by atoms with van der Waals surface area (Å²) in [5.41, 5.74) is 3.68. The quantitative estimate of drug-likeness (QED) is 0.842. The van der Waals surface area contributed by atoms with Gasteiger partial charge in [-0.3, -0.25) is 9.59 Å². The van der Waals surface area contributed by atoms with E-state index in [-0.39, 0.29) is 17.7 Å². The van der Waals surface area contributed by atoms with Gasteiger partial charge in [0.1, 0.15) is 0 Å². The molecule has 2 amide bonds. The number of carbonyl (C=O) groups excluding carboxylic acids is 2. The van der Waals surface area contributed by atoms with Crippen molar-refractivity contribution in [1.29, 1.82) is 0 Å². The van der Waals surface area contributed by atoms with E-state index >= 15 is 0 Å². The molecule has 2 heterocycles. The number of hydrogen-bond donors (Lipinski definition) is 0. The highest BCUT2D eigenvalue weighted by atomic mass is 16.2. The predicted molar refractivity (Wildman–Crippen MR) is 105 cm³/mol. The number of rotatable bonds is 3. The number of piperidine rings is 1. The van der Waals surface area contributed by atoms with Gasteiger partial charge in [0.25, 0.3) is 0 Å². The summed E-state index contributed by atoms with van der Waals surface area (Å²) >= 11 is 0. The van der Waals surface area contributed by atoms with Gasteiger partial charge in [0, 0.05) is 32.1 Å². The van der Waals surface area contributed by atoms with Gasteiger partial charge in [-0.2, -0.15) is 0 Å². The summed E-state index contributed by atoms with van der Waals surface area (Å²) < 4.78 is 0. The molecular formula is C23H26N2O2. The maximum absolute atomic E-state index is 13.0. The zero-order valence-corrected chi connectivity index (χ0v) is 15.6. The van der Waals surface area contributed by atoms with Crippen LogP contribution in [0.1, 0.15) is 29.5 Å². The van der Waals surface area contributed by atoms with E-state index in [9.17, 15) is 9.59 Å². The fourth-order valence-corrected chi connectivity index (χ4v) is 4.20. The van der Waals surface area contributed by atoms with E-state index in [1.807, 2.05) is 46.2 Å². The van der Waals surface area contributed by atoms with Gasteiger partial charge in [-0.25, -0.2) is 0 Å². The molecule has 0 radical (unpaired) electrons. The van der Waals surface area contributed by atoms with Crippen molar-refractivity contribution in [2.24, 2.45) is 5.92 Å². The Bertz CT molecular complexity index is 810. The van der Waals surface area contributed by atoms with Crippen molar-refractivity contribution in [3.05, 3.63) is 71.3 Å². The minimum atomic E-state index is 0.0519. The van der Waals surface area contributed by atoms with Crippen LogP contribution in [0.15, 0.2) is 54.6 Å². The van der Waals surface area contributed by atoms with E-state index in [2.05, 4.69) is 18.2 Å². The summed E-state index contributed by atoms with van der Waals surface area (Å²) in [5.74, 6) is 0.481. The first-order chi connectivity index (χ1) is 13.2. The highest BCUT2D eigenvalue weighted by molar-refractivity contribution is 5.81. The first-order valence-corrected chi connectivity index (χ1v) is 9.88. The standard InChI is InChI=1S/C23H26N2O2/c26-22(16-18-6-2-1-3-7-18)24-13-11-20(12-14-24)23(27)25-15-10-19-8-4-5-9-21(19)17-25/h1-9,20H,10-17H2. The molecule has 4 heteroatoms. The van der Waals surface area contributed by atoms with Crippen LogP contribution in [0.5, 0.6) is 0 Å². The van der Waals surface area contributed by atoms with Crippen LogP contribution >= 0.6 is 0 Å². The number of fused-ring (bicyclic) bond motifs is 1. The largest absolute Gasteiger partial charge is 0.342 e. The highest BCUT2D eigenvalue weighted by Crippen LogP contribution is 2.25. The number of benzene rings is 2. The van der Waals surface area contributed by atoms with E-state index in [1.165, 1.54) is 11.1 Å². The summed E-state index contributed by atoms with van der Waals surface area (Å²) in [6, 6.07) is 18.3. The normalized spacial score (nSPS) is 17.5. The molecular weight excluding hydrogens is 336 g/mol. The Morgan fingerprint density at radius 3 is 2.22 bits per heavy atom. The van der Waals surface area contributed by atoms with Gasteiger partial charge in [-0.1, -0.05) is 54.6 Å². The summed E-state index contributed by atoms with van der Waals surface area (Å²) in [6.07, 6.45) is 2.94. The molecule has 0 aromatic heterocycles. The molecule has 0 atom stereocenters. The van der Waals surface area contributed by atoms with Crippen LogP contribution < -0.4 is 0 Å². The predicted octanol–water partition coefficient (Wildman–Crippen LogP) is 3.05. The van der Waals surface area contributed by atoms with E-state index in [4.69, 9.17) is 0 Å². The highest BCUT2D eigenvalue weighted by Gasteiger charge is 2.31. The molecule has 0 N–H and O–H groups in total. The molecule has 140 valence electrons. The second-order valence-corrected chi connectivity index (χ2v) is 7.60. The third-order valence-corrected chi connectivity index (χ3v) is 5.84. The SMILES string of the molecule is O=C(Cc1ccccc1)N1CCC(C(=O)N2CCc3ccccc3C2)CC1. The van der Waals surface area contributed by atoms with Crippen LogP contribution in [0.25, 0.3) is 0 Å². The molecule has 0 saturated carbocycles. The van der Waals surface area contributed by atoms with E-state index in [0.717, 1.165) is 37.9 Å². The van der Waals surface area contributed by atoms with E-state index in [1.54, 1.807) is 0 Å². The molecule has 4 nitrogen and oxygen atoms in total. The molecule has 2 aromatic carbocycles. The van der Waals surface area contributed by atoms with Crippen LogP contribution in [0, 0.1) is 5.92 Å². The Balaban J connectivity index is 1.30. The average Bonchev–Trinajstić information content (AvgIpc) is 2.73. The van der Waals surface area contributed by atoms with Crippen LogP contribution in [-0.4, -0.2) is 41.2 Å². The van der Waals surface area contributed by atoms with Gasteiger partial charge in [-0.05, 0) is 36.0 Å². The van der Waals surface area contributed by atoms with E-state index < -0.39 is 0 Å². The molecule has 2 aliphatic heterocycles. The molecule has 0 spiro atoms. The summed E-state index contributed by atoms with van der Waals surface area (Å²) in [6.45, 7) is 2.91. The molecule has 27 heavy (non-hydrogen) atoms. The molecule has 1 saturated heterocycles. The Morgan fingerprint density at radius 2 is 1.48 bits per heavy atom. The van der Waals surface area contributed by atoms with Crippen molar-refractivity contribution in [3.63, 3.8) is 0 Å². The lowest BCUT2D eigenvalue weighted by Crippen LogP contribution is -2.46. The number of likely N-dealkylation sites (tertiary alicyclic amines) is 1. The summed E-state index contributed by atoms with van der Waals surface area (Å²) in [4.78, 5) is 29.4. The van der Waals surface area contributed by atoms with Crippen molar-refractivity contribution < 1.29 is 9.59 Å². The number of carbonyl (C=O) groups is 2. The maximum Gasteiger partial charge on any atom is 0.226 e. The molecule has 1 fully saturated rings. The lowest BCUT2D eigenvalue weighted by Gasteiger charge is -2.36. The minimum Gasteiger partial charge on any atom is -0.342 e. The maximum atomic E-state index is 13.0. The monoisotopic (exact) mass is 362 g/mol. The number of nitrogens with zero attached hydrogens (tertiary/aromatic N) is 2. The Morgan fingerprint density at radius 1 is 0.815 bits per heavy atom. The van der Waals surface area contributed by atoms with E-state index in [0.29, 0.717) is 19.5 Å². The van der Waals surface area contributed by atoms with Gasteiger partial charge < -0.3 is 9.80 Å². The Hall–Kier alpha value is -2.62. The van der Waals surface area contributed by atoms with Crippen LogP contribution in [0.3, 0.4) is 0 Å². The lowest BCUT2D eigenvalue weighted by molar-refractivity contribution is -0.141. The van der Waals surface area contributed by atoms with Crippen molar-refractivity contribution >= 4 is 11.8 Å².